The van der Waals surface area contributed by atoms with Gasteiger partial charge in [0.1, 0.15) is 9.84 Å². The minimum Gasteiger partial charge on any atom is -0.321 e. The van der Waals surface area contributed by atoms with Crippen molar-refractivity contribution in [1.82, 2.24) is 0 Å². The van der Waals surface area contributed by atoms with Gasteiger partial charge in [-0.1, -0.05) is 24.3 Å². The van der Waals surface area contributed by atoms with Gasteiger partial charge < -0.3 is 5.73 Å². The third kappa shape index (κ3) is 2.83. The first-order valence-electron chi connectivity index (χ1n) is 5.45. The van der Waals surface area contributed by atoms with Gasteiger partial charge in [-0.25, -0.2) is 8.42 Å². The smallest absolute Gasteiger partial charge is 0.147 e. The van der Waals surface area contributed by atoms with Crippen LogP contribution in [0.1, 0.15) is 24.0 Å². The molecule has 1 fully saturated rings. The van der Waals surface area contributed by atoms with Gasteiger partial charge in [-0.2, -0.15) is 0 Å². The van der Waals surface area contributed by atoms with E-state index in [1.807, 2.05) is 24.3 Å². The van der Waals surface area contributed by atoms with Gasteiger partial charge in [0.25, 0.3) is 0 Å². The van der Waals surface area contributed by atoms with Crippen LogP contribution in [0.25, 0.3) is 0 Å². The molecule has 0 aromatic heterocycles. The summed E-state index contributed by atoms with van der Waals surface area (Å²) in [6.07, 6.45) is 3.95. The predicted octanol–water partition coefficient (Wildman–Crippen LogP) is 1.22. The van der Waals surface area contributed by atoms with Crippen LogP contribution in [0, 0.1) is 0 Å². The van der Waals surface area contributed by atoms with Crippen LogP contribution < -0.4 is 5.73 Å². The van der Waals surface area contributed by atoms with Gasteiger partial charge in [0.05, 0.1) is 5.75 Å². The molecule has 0 radical (unpaired) electrons. The predicted molar refractivity (Wildman–Crippen MR) is 65.0 cm³/mol. The highest BCUT2D eigenvalue weighted by Crippen LogP contribution is 2.42. The fraction of sp³-hybridized carbons (Fsp3) is 0.500. The fourth-order valence-corrected chi connectivity index (χ4v) is 2.34. The van der Waals surface area contributed by atoms with E-state index in [0.29, 0.717) is 6.42 Å². The zero-order valence-electron chi connectivity index (χ0n) is 9.44. The van der Waals surface area contributed by atoms with Gasteiger partial charge in [-0.15, -0.1) is 0 Å². The van der Waals surface area contributed by atoms with Crippen LogP contribution in [-0.2, 0) is 21.8 Å². The van der Waals surface area contributed by atoms with Crippen molar-refractivity contribution in [3.63, 3.8) is 0 Å². The Morgan fingerprint density at radius 1 is 1.25 bits per heavy atom. The molecule has 1 aromatic rings. The number of nitrogens with two attached hydrogens (primary N) is 1. The standard InChI is InChI=1S/C12H17NO2S/c1-16(14,15)9-6-10-2-4-11(5-3-10)12(13)7-8-12/h2-5H,6-9,13H2,1H3. The summed E-state index contributed by atoms with van der Waals surface area (Å²) in [5.41, 5.74) is 8.18. The first-order valence-corrected chi connectivity index (χ1v) is 7.51. The van der Waals surface area contributed by atoms with E-state index in [9.17, 15) is 8.42 Å². The van der Waals surface area contributed by atoms with E-state index >= 15 is 0 Å². The van der Waals surface area contributed by atoms with Crippen LogP contribution in [0.3, 0.4) is 0 Å². The molecule has 0 saturated heterocycles. The molecule has 1 aliphatic rings. The van der Waals surface area contributed by atoms with E-state index in [-0.39, 0.29) is 11.3 Å². The SMILES string of the molecule is CS(=O)(=O)CCc1ccc(C2(N)CC2)cc1. The van der Waals surface area contributed by atoms with Crippen molar-refractivity contribution >= 4 is 9.84 Å². The minimum atomic E-state index is -2.87. The van der Waals surface area contributed by atoms with Gasteiger partial charge in [-0.3, -0.25) is 0 Å². The molecule has 1 aromatic carbocycles. The van der Waals surface area contributed by atoms with E-state index in [2.05, 4.69) is 0 Å². The van der Waals surface area contributed by atoms with Gasteiger partial charge in [0.2, 0.25) is 0 Å². The molecule has 0 amide bonds. The Hall–Kier alpha value is -0.870. The highest BCUT2D eigenvalue weighted by Gasteiger charge is 2.39. The molecule has 2 rings (SSSR count). The molecule has 0 bridgehead atoms. The van der Waals surface area contributed by atoms with Crippen LogP contribution >= 0.6 is 0 Å². The summed E-state index contributed by atoms with van der Waals surface area (Å²) in [5.74, 6) is 0.208. The molecule has 0 heterocycles. The zero-order valence-corrected chi connectivity index (χ0v) is 10.3. The molecule has 0 unspecified atom stereocenters. The number of aryl methyl sites for hydroxylation is 1. The van der Waals surface area contributed by atoms with Gasteiger partial charge >= 0.3 is 0 Å². The van der Waals surface area contributed by atoms with Crippen molar-refractivity contribution < 1.29 is 8.42 Å². The van der Waals surface area contributed by atoms with E-state index in [1.54, 1.807) is 0 Å². The van der Waals surface area contributed by atoms with E-state index < -0.39 is 9.84 Å². The quantitative estimate of drug-likeness (QED) is 0.859. The van der Waals surface area contributed by atoms with E-state index in [1.165, 1.54) is 6.26 Å². The summed E-state index contributed by atoms with van der Waals surface area (Å²) in [6, 6.07) is 8.00. The largest absolute Gasteiger partial charge is 0.321 e. The molecule has 4 heteroatoms. The number of rotatable bonds is 4. The average molecular weight is 239 g/mol. The molecule has 1 saturated carbocycles. The second-order valence-corrected chi connectivity index (χ2v) is 6.99. The summed E-state index contributed by atoms with van der Waals surface area (Å²) in [5, 5.41) is 0. The third-order valence-corrected chi connectivity index (χ3v) is 4.02. The van der Waals surface area contributed by atoms with Crippen molar-refractivity contribution in [3.8, 4) is 0 Å². The Kier molecular flexibility index (Phi) is 2.80. The summed E-state index contributed by atoms with van der Waals surface area (Å²) in [7, 11) is -2.87. The topological polar surface area (TPSA) is 60.2 Å². The van der Waals surface area contributed by atoms with Crippen LogP contribution in [0.5, 0.6) is 0 Å². The zero-order chi connectivity index (χ0) is 11.8. The summed E-state index contributed by atoms with van der Waals surface area (Å²) >= 11 is 0. The number of hydrogen-bond donors (Lipinski definition) is 1. The van der Waals surface area contributed by atoms with Crippen LogP contribution in [-0.4, -0.2) is 20.4 Å². The average Bonchev–Trinajstić information content (AvgIpc) is 2.95. The molecule has 0 spiro atoms. The molecule has 0 atom stereocenters. The van der Waals surface area contributed by atoms with Crippen LogP contribution in [0.15, 0.2) is 24.3 Å². The normalized spacial score (nSPS) is 18.4. The molecular formula is C12H17NO2S. The lowest BCUT2D eigenvalue weighted by Crippen LogP contribution is -2.18. The highest BCUT2D eigenvalue weighted by molar-refractivity contribution is 7.90. The Balaban J connectivity index is 2.03. The van der Waals surface area contributed by atoms with Gasteiger partial charge in [-0.05, 0) is 30.4 Å². The maximum absolute atomic E-state index is 11.0. The number of sulfone groups is 1. The van der Waals surface area contributed by atoms with Crippen LogP contribution in [0.2, 0.25) is 0 Å². The van der Waals surface area contributed by atoms with Crippen LogP contribution in [0.4, 0.5) is 0 Å². The number of hydrogen-bond acceptors (Lipinski definition) is 3. The second-order valence-electron chi connectivity index (χ2n) is 4.73. The van der Waals surface area contributed by atoms with Crippen molar-refractivity contribution in [2.75, 3.05) is 12.0 Å². The van der Waals surface area contributed by atoms with Crippen molar-refractivity contribution in [1.29, 1.82) is 0 Å². The maximum Gasteiger partial charge on any atom is 0.147 e. The Bertz CT molecular complexity index is 472. The van der Waals surface area contributed by atoms with Gasteiger partial charge in [0.15, 0.2) is 0 Å². The molecular weight excluding hydrogens is 222 g/mol. The van der Waals surface area contributed by atoms with E-state index in [4.69, 9.17) is 5.73 Å². The Morgan fingerprint density at radius 3 is 2.25 bits per heavy atom. The fourth-order valence-electron chi connectivity index (χ4n) is 1.73. The van der Waals surface area contributed by atoms with Gasteiger partial charge in [0, 0.05) is 11.8 Å². The van der Waals surface area contributed by atoms with Crippen molar-refractivity contribution in [2.24, 2.45) is 5.73 Å². The Labute approximate surface area is 96.6 Å². The lowest BCUT2D eigenvalue weighted by Gasteiger charge is -2.09. The van der Waals surface area contributed by atoms with Crippen molar-refractivity contribution in [3.05, 3.63) is 35.4 Å². The summed E-state index contributed by atoms with van der Waals surface area (Å²) < 4.78 is 22.0. The molecule has 1 aliphatic carbocycles. The summed E-state index contributed by atoms with van der Waals surface area (Å²) in [6.45, 7) is 0. The lowest BCUT2D eigenvalue weighted by molar-refractivity contribution is 0.601. The molecule has 3 nitrogen and oxygen atoms in total. The highest BCUT2D eigenvalue weighted by atomic mass is 32.2. The van der Waals surface area contributed by atoms with Crippen molar-refractivity contribution in [2.45, 2.75) is 24.8 Å². The first-order chi connectivity index (χ1) is 7.39. The number of benzene rings is 1. The third-order valence-electron chi connectivity index (χ3n) is 3.08. The molecule has 16 heavy (non-hydrogen) atoms. The molecule has 0 aliphatic heterocycles. The molecule has 88 valence electrons. The minimum absolute atomic E-state index is 0.102. The second kappa shape index (κ2) is 3.86. The van der Waals surface area contributed by atoms with E-state index in [0.717, 1.165) is 24.0 Å². The first kappa shape index (κ1) is 11.6. The molecule has 2 N–H and O–H groups in total. The monoisotopic (exact) mass is 239 g/mol. The summed E-state index contributed by atoms with van der Waals surface area (Å²) in [4.78, 5) is 0. The lowest BCUT2D eigenvalue weighted by atomic mass is 10.0. The Morgan fingerprint density at radius 2 is 1.81 bits per heavy atom. The maximum atomic E-state index is 11.0.